The van der Waals surface area contributed by atoms with Crippen molar-refractivity contribution < 1.29 is 14.6 Å². The Hall–Kier alpha value is -2.41. The number of fused-ring (bicyclic) bond motifs is 1. The van der Waals surface area contributed by atoms with Crippen molar-refractivity contribution in [3.05, 3.63) is 59.7 Å². The number of rotatable bonds is 9. The van der Waals surface area contributed by atoms with E-state index in [1.54, 1.807) is 0 Å². The molecule has 36 heavy (non-hydrogen) atoms. The highest BCUT2D eigenvalue weighted by molar-refractivity contribution is 6.04. The maximum absolute atomic E-state index is 12.8. The van der Waals surface area contributed by atoms with Crippen LogP contribution in [0.5, 0.6) is 0 Å². The number of amides is 1. The Morgan fingerprint density at radius 2 is 1.81 bits per heavy atom. The predicted molar refractivity (Wildman–Crippen MR) is 144 cm³/mol. The highest BCUT2D eigenvalue weighted by Crippen LogP contribution is 2.37. The summed E-state index contributed by atoms with van der Waals surface area (Å²) in [7, 11) is 0. The number of hydrogen-bond donors (Lipinski definition) is 2. The number of nitrogens with one attached hydrogen (secondary N) is 1. The number of benzene rings is 2. The molecule has 1 amide bonds. The smallest absolute Gasteiger partial charge is 0.255 e. The van der Waals surface area contributed by atoms with Crippen LogP contribution >= 0.6 is 0 Å². The van der Waals surface area contributed by atoms with Gasteiger partial charge in [-0.2, -0.15) is 0 Å². The first-order chi connectivity index (χ1) is 17.2. The number of ether oxygens (including phenoxy) is 1. The van der Waals surface area contributed by atoms with E-state index >= 15 is 0 Å². The zero-order valence-corrected chi connectivity index (χ0v) is 22.0. The summed E-state index contributed by atoms with van der Waals surface area (Å²) in [5.74, 6) is 0.582. The predicted octanol–water partition coefficient (Wildman–Crippen LogP) is 5.07. The van der Waals surface area contributed by atoms with Gasteiger partial charge in [0.2, 0.25) is 0 Å². The lowest BCUT2D eigenvalue weighted by Gasteiger charge is -2.32. The van der Waals surface area contributed by atoms with E-state index in [9.17, 15) is 9.90 Å². The summed E-state index contributed by atoms with van der Waals surface area (Å²) < 4.78 is 5.86. The largest absolute Gasteiger partial charge is 0.390 e. The fraction of sp³-hybridized carbons (Fsp3) is 0.567. The van der Waals surface area contributed by atoms with Crippen LogP contribution in [0.1, 0.15) is 68.8 Å². The van der Waals surface area contributed by atoms with Crippen molar-refractivity contribution >= 4 is 17.3 Å². The van der Waals surface area contributed by atoms with Crippen LogP contribution in [-0.2, 0) is 11.3 Å². The van der Waals surface area contributed by atoms with E-state index in [1.807, 2.05) is 50.2 Å². The molecule has 2 saturated heterocycles. The lowest BCUT2D eigenvalue weighted by Crippen LogP contribution is -2.40. The Kier molecular flexibility index (Phi) is 7.38. The normalized spacial score (nSPS) is 23.4. The second-order valence-electron chi connectivity index (χ2n) is 11.7. The number of aliphatic hydroxyl groups is 1. The topological polar surface area (TPSA) is 65.0 Å². The van der Waals surface area contributed by atoms with Crippen LogP contribution in [0.3, 0.4) is 0 Å². The minimum Gasteiger partial charge on any atom is -0.390 e. The molecule has 2 aliphatic heterocycles. The van der Waals surface area contributed by atoms with Gasteiger partial charge in [-0.25, -0.2) is 0 Å². The Bertz CT molecular complexity index is 1030. The van der Waals surface area contributed by atoms with Gasteiger partial charge in [0.15, 0.2) is 0 Å². The average molecular weight is 492 g/mol. The van der Waals surface area contributed by atoms with Gasteiger partial charge >= 0.3 is 0 Å². The van der Waals surface area contributed by atoms with E-state index < -0.39 is 5.60 Å². The standard InChI is InChI=1S/C30H41N3O3/c1-21(17-30(2,3)35)32-18-24-15-16-33(28(24)19-32)26-13-11-25(12-14-26)31-29(34)23-9-7-22(8-10-23)20-36-27-5-4-6-27/h7-14,21,24,27-28,35H,4-6,15-20H2,1-3H3,(H,31,34)/t21?,24-,28+/m1/s1. The van der Waals surface area contributed by atoms with Crippen molar-refractivity contribution in [3.63, 3.8) is 0 Å². The summed E-state index contributed by atoms with van der Waals surface area (Å²) in [6.45, 7) is 9.87. The summed E-state index contributed by atoms with van der Waals surface area (Å²) in [6, 6.07) is 16.9. The third kappa shape index (κ3) is 5.93. The molecular formula is C30H41N3O3. The number of hydrogen-bond acceptors (Lipinski definition) is 5. The number of carbonyl (C=O) groups is 1. The average Bonchev–Trinajstić information content (AvgIpc) is 3.39. The van der Waals surface area contributed by atoms with Crippen LogP contribution in [0.4, 0.5) is 11.4 Å². The number of likely N-dealkylation sites (tertiary alicyclic amines) is 1. The Balaban J connectivity index is 1.14. The number of carbonyl (C=O) groups excluding carboxylic acids is 1. The van der Waals surface area contributed by atoms with Crippen molar-refractivity contribution in [2.75, 3.05) is 29.9 Å². The second-order valence-corrected chi connectivity index (χ2v) is 11.7. The van der Waals surface area contributed by atoms with E-state index in [-0.39, 0.29) is 5.91 Å². The van der Waals surface area contributed by atoms with Gasteiger partial charge in [-0.3, -0.25) is 9.69 Å². The maximum atomic E-state index is 12.8. The van der Waals surface area contributed by atoms with Crippen LogP contribution in [0.2, 0.25) is 0 Å². The summed E-state index contributed by atoms with van der Waals surface area (Å²) >= 11 is 0. The molecule has 1 saturated carbocycles. The minimum absolute atomic E-state index is 0.0947. The van der Waals surface area contributed by atoms with Crippen LogP contribution in [0, 0.1) is 5.92 Å². The molecule has 6 heteroatoms. The third-order valence-corrected chi connectivity index (χ3v) is 8.20. The zero-order valence-electron chi connectivity index (χ0n) is 22.0. The summed E-state index contributed by atoms with van der Waals surface area (Å²) in [5.41, 5.74) is 3.15. The molecule has 194 valence electrons. The summed E-state index contributed by atoms with van der Waals surface area (Å²) in [6.07, 6.45) is 6.01. The highest BCUT2D eigenvalue weighted by Gasteiger charge is 2.43. The molecule has 3 aliphatic rings. The minimum atomic E-state index is -0.636. The maximum Gasteiger partial charge on any atom is 0.255 e. The van der Waals surface area contributed by atoms with Gasteiger partial charge in [-0.1, -0.05) is 12.1 Å². The molecule has 3 atom stereocenters. The first-order valence-corrected chi connectivity index (χ1v) is 13.6. The molecular weight excluding hydrogens is 450 g/mol. The molecule has 0 aromatic heterocycles. The quantitative estimate of drug-likeness (QED) is 0.513. The van der Waals surface area contributed by atoms with E-state index in [4.69, 9.17) is 4.74 Å². The van der Waals surface area contributed by atoms with Gasteiger partial charge in [0.1, 0.15) is 0 Å². The van der Waals surface area contributed by atoms with Gasteiger partial charge in [0.05, 0.1) is 18.3 Å². The SMILES string of the molecule is CC(CC(C)(C)O)N1C[C@H]2CCN(c3ccc(NC(=O)c4ccc(COC5CCC5)cc4)cc3)[C@H]2C1. The van der Waals surface area contributed by atoms with Gasteiger partial charge in [-0.05, 0) is 101 Å². The lowest BCUT2D eigenvalue weighted by atomic mass is 9.96. The van der Waals surface area contributed by atoms with E-state index in [1.165, 1.54) is 31.4 Å². The Morgan fingerprint density at radius 1 is 1.08 bits per heavy atom. The molecule has 2 heterocycles. The molecule has 2 aromatic rings. The third-order valence-electron chi connectivity index (χ3n) is 8.20. The first kappa shape index (κ1) is 25.2. The molecule has 0 radical (unpaired) electrons. The molecule has 0 spiro atoms. The van der Waals surface area contributed by atoms with Crippen molar-refractivity contribution in [3.8, 4) is 0 Å². The summed E-state index contributed by atoms with van der Waals surface area (Å²) in [4.78, 5) is 17.8. The molecule has 0 bridgehead atoms. The lowest BCUT2D eigenvalue weighted by molar-refractivity contribution is -0.00866. The van der Waals surface area contributed by atoms with Crippen LogP contribution in [0.15, 0.2) is 48.5 Å². The van der Waals surface area contributed by atoms with E-state index in [0.717, 1.165) is 37.3 Å². The second kappa shape index (κ2) is 10.5. The fourth-order valence-corrected chi connectivity index (χ4v) is 5.97. The Labute approximate surface area is 215 Å². The van der Waals surface area contributed by atoms with Crippen molar-refractivity contribution in [1.82, 2.24) is 4.90 Å². The summed E-state index contributed by atoms with van der Waals surface area (Å²) in [5, 5.41) is 13.3. The molecule has 1 aliphatic carbocycles. The van der Waals surface area contributed by atoms with Gasteiger partial charge in [0, 0.05) is 48.7 Å². The number of anilines is 2. The molecule has 2 aromatic carbocycles. The molecule has 3 fully saturated rings. The van der Waals surface area contributed by atoms with E-state index in [2.05, 4.69) is 34.2 Å². The van der Waals surface area contributed by atoms with Crippen LogP contribution < -0.4 is 10.2 Å². The zero-order chi connectivity index (χ0) is 25.3. The van der Waals surface area contributed by atoms with Gasteiger partial charge in [-0.15, -0.1) is 0 Å². The van der Waals surface area contributed by atoms with Gasteiger partial charge < -0.3 is 20.1 Å². The monoisotopic (exact) mass is 491 g/mol. The molecule has 2 N–H and O–H groups in total. The molecule has 6 nitrogen and oxygen atoms in total. The van der Waals surface area contributed by atoms with Gasteiger partial charge in [0.25, 0.3) is 5.91 Å². The molecule has 5 rings (SSSR count). The van der Waals surface area contributed by atoms with Crippen LogP contribution in [-0.4, -0.2) is 59.3 Å². The van der Waals surface area contributed by atoms with Crippen molar-refractivity contribution in [1.29, 1.82) is 0 Å². The van der Waals surface area contributed by atoms with Crippen LogP contribution in [0.25, 0.3) is 0 Å². The first-order valence-electron chi connectivity index (χ1n) is 13.6. The van der Waals surface area contributed by atoms with Crippen molar-refractivity contribution in [2.45, 2.75) is 83.3 Å². The fourth-order valence-electron chi connectivity index (χ4n) is 5.97. The molecule has 1 unspecified atom stereocenters. The highest BCUT2D eigenvalue weighted by atomic mass is 16.5. The Morgan fingerprint density at radius 3 is 2.44 bits per heavy atom. The number of nitrogens with zero attached hydrogens (tertiary/aromatic N) is 2. The van der Waals surface area contributed by atoms with E-state index in [0.29, 0.717) is 36.3 Å². The van der Waals surface area contributed by atoms with Crippen molar-refractivity contribution in [2.24, 2.45) is 5.92 Å².